The lowest BCUT2D eigenvalue weighted by Gasteiger charge is -2.54. The quantitative estimate of drug-likeness (QED) is 0.475. The molecule has 2 rings (SSSR count). The van der Waals surface area contributed by atoms with Crippen LogP contribution in [-0.4, -0.2) is 38.3 Å². The van der Waals surface area contributed by atoms with E-state index in [1.54, 1.807) is 0 Å². The van der Waals surface area contributed by atoms with E-state index >= 15 is 4.39 Å². The second-order valence-corrected chi connectivity index (χ2v) is 7.98. The van der Waals surface area contributed by atoms with Gasteiger partial charge in [0, 0.05) is 23.4 Å². The van der Waals surface area contributed by atoms with Gasteiger partial charge < -0.3 is 25.7 Å². The molecule has 178 valence electrons. The molecule has 0 aromatic heterocycles. The lowest BCUT2D eigenvalue weighted by Crippen LogP contribution is -2.66. The number of nitrogens with two attached hydrogens (primary N) is 1. The molecule has 3 atom stereocenters. The van der Waals surface area contributed by atoms with E-state index in [4.69, 9.17) is 17.3 Å². The Labute approximate surface area is 185 Å². The van der Waals surface area contributed by atoms with Crippen molar-refractivity contribution in [1.82, 2.24) is 5.32 Å². The summed E-state index contributed by atoms with van der Waals surface area (Å²) in [6, 6.07) is -0.161. The third-order valence-electron chi connectivity index (χ3n) is 5.81. The first-order valence-electron chi connectivity index (χ1n) is 9.40. The number of hydrogen-bond donors (Lipinski definition) is 2. The van der Waals surface area contributed by atoms with E-state index in [1.165, 1.54) is 13.8 Å². The molecule has 0 saturated carbocycles. The summed E-state index contributed by atoms with van der Waals surface area (Å²) in [7, 11) is 0.867. The number of methoxy groups -OCH3 is 1. The monoisotopic (exact) mass is 483 g/mol. The summed E-state index contributed by atoms with van der Waals surface area (Å²) in [5, 5.41) is 14.1. The Morgan fingerprint density at radius 2 is 1.94 bits per heavy atom. The summed E-state index contributed by atoms with van der Waals surface area (Å²) in [5.41, 5.74) is -1.01. The molecule has 0 spiro atoms. The zero-order valence-corrected chi connectivity index (χ0v) is 18.0. The minimum atomic E-state index is -5.25. The minimum absolute atomic E-state index is 0.510. The maximum absolute atomic E-state index is 15.1. The van der Waals surface area contributed by atoms with Gasteiger partial charge in [0.05, 0.1) is 41.0 Å². The lowest BCUT2D eigenvalue weighted by atomic mass is 9.56. The Hall–Kier alpha value is -2.40. The molecule has 0 radical (unpaired) electrons. The molecule has 12 heteroatoms. The molecular formula is C20H21ClF5N2O4-. The molecule has 0 saturated heterocycles. The zero-order valence-electron chi connectivity index (χ0n) is 17.3. The van der Waals surface area contributed by atoms with E-state index in [9.17, 15) is 32.3 Å². The molecule has 1 aliphatic heterocycles. The van der Waals surface area contributed by atoms with Gasteiger partial charge in [-0.15, -0.1) is 0 Å². The van der Waals surface area contributed by atoms with Gasteiger partial charge in [0.25, 0.3) is 0 Å². The summed E-state index contributed by atoms with van der Waals surface area (Å²) < 4.78 is 75.7. The molecule has 1 aromatic rings. The van der Waals surface area contributed by atoms with Crippen molar-refractivity contribution in [1.29, 1.82) is 0 Å². The van der Waals surface area contributed by atoms with Crippen LogP contribution in [0.1, 0.15) is 30.9 Å². The Bertz CT molecular complexity index is 951. The molecule has 32 heavy (non-hydrogen) atoms. The smallest absolute Gasteiger partial charge is 0.418 e. The molecule has 0 bridgehead atoms. The van der Waals surface area contributed by atoms with Crippen molar-refractivity contribution in [2.75, 3.05) is 20.3 Å². The molecule has 0 fully saturated rings. The summed E-state index contributed by atoms with van der Waals surface area (Å²) in [6.45, 7) is 0.739. The minimum Gasteiger partial charge on any atom is -0.549 e. The first-order chi connectivity index (χ1) is 14.8. The number of carbonyl (C=O) groups is 2. The van der Waals surface area contributed by atoms with Crippen LogP contribution in [-0.2, 0) is 20.5 Å². The van der Waals surface area contributed by atoms with Crippen LogP contribution in [0.2, 0.25) is 5.02 Å². The summed E-state index contributed by atoms with van der Waals surface area (Å²) in [4.78, 5) is 25.2. The number of benzene rings is 1. The van der Waals surface area contributed by atoms with Crippen molar-refractivity contribution in [2.24, 2.45) is 17.1 Å². The van der Waals surface area contributed by atoms with Gasteiger partial charge in [0.2, 0.25) is 0 Å². The highest BCUT2D eigenvalue weighted by molar-refractivity contribution is 6.31. The zero-order chi connectivity index (χ0) is 24.6. The van der Waals surface area contributed by atoms with Crippen molar-refractivity contribution >= 4 is 23.5 Å². The SMILES string of the molecule is COC(=O)C1=C(CF)NC(CN)C(C(=O)[O-])(C(C)C)C1c1c(F)ccc(Cl)c1C(F)(F)F. The number of nitrogens with one attached hydrogen (secondary N) is 1. The van der Waals surface area contributed by atoms with E-state index < -0.39 is 87.9 Å². The van der Waals surface area contributed by atoms with Crippen LogP contribution >= 0.6 is 11.6 Å². The fraction of sp³-hybridized carbons (Fsp3) is 0.500. The first-order valence-corrected chi connectivity index (χ1v) is 9.78. The maximum atomic E-state index is 15.1. The number of ether oxygens (including phenoxy) is 1. The highest BCUT2D eigenvalue weighted by Gasteiger charge is 2.58. The van der Waals surface area contributed by atoms with Crippen LogP contribution in [0, 0.1) is 17.2 Å². The van der Waals surface area contributed by atoms with Gasteiger partial charge >= 0.3 is 12.1 Å². The van der Waals surface area contributed by atoms with Crippen molar-refractivity contribution in [3.05, 3.63) is 45.4 Å². The summed E-state index contributed by atoms with van der Waals surface area (Å²) in [5.74, 6) is -8.00. The van der Waals surface area contributed by atoms with Crippen LogP contribution < -0.4 is 16.2 Å². The molecule has 1 aliphatic rings. The van der Waals surface area contributed by atoms with Crippen LogP contribution in [0.15, 0.2) is 23.4 Å². The number of allylic oxidation sites excluding steroid dienone is 1. The largest absolute Gasteiger partial charge is 0.549 e. The average molecular weight is 484 g/mol. The normalized spacial score (nSPS) is 23.8. The summed E-state index contributed by atoms with van der Waals surface area (Å²) in [6.07, 6.45) is -5.25. The second-order valence-electron chi connectivity index (χ2n) is 7.57. The highest BCUT2D eigenvalue weighted by atomic mass is 35.5. The predicted molar refractivity (Wildman–Crippen MR) is 102 cm³/mol. The molecular weight excluding hydrogens is 463 g/mol. The number of carboxylic acid groups (broad SMARTS) is 1. The molecule has 0 aliphatic carbocycles. The molecule has 6 nitrogen and oxygen atoms in total. The number of rotatable bonds is 6. The van der Waals surface area contributed by atoms with E-state index in [0.29, 0.717) is 12.1 Å². The summed E-state index contributed by atoms with van der Waals surface area (Å²) >= 11 is 5.76. The van der Waals surface area contributed by atoms with Gasteiger partial charge in [-0.1, -0.05) is 25.4 Å². The van der Waals surface area contributed by atoms with Crippen LogP contribution in [0.25, 0.3) is 0 Å². The van der Waals surface area contributed by atoms with Crippen LogP contribution in [0.5, 0.6) is 0 Å². The fourth-order valence-electron chi connectivity index (χ4n) is 4.49. The third-order valence-corrected chi connectivity index (χ3v) is 6.13. The number of alkyl halides is 4. The lowest BCUT2D eigenvalue weighted by molar-refractivity contribution is -0.324. The number of carbonyl (C=O) groups excluding carboxylic acids is 2. The van der Waals surface area contributed by atoms with E-state index in [0.717, 1.165) is 7.11 Å². The van der Waals surface area contributed by atoms with Gasteiger partial charge in [0.1, 0.15) is 12.5 Å². The van der Waals surface area contributed by atoms with Crippen molar-refractivity contribution in [3.8, 4) is 0 Å². The molecule has 0 amide bonds. The van der Waals surface area contributed by atoms with E-state index in [2.05, 4.69) is 10.1 Å². The van der Waals surface area contributed by atoms with E-state index in [1.807, 2.05) is 0 Å². The number of esters is 1. The molecule has 3 N–H and O–H groups in total. The van der Waals surface area contributed by atoms with Gasteiger partial charge in [-0.3, -0.25) is 0 Å². The first kappa shape index (κ1) is 25.9. The van der Waals surface area contributed by atoms with Gasteiger partial charge in [-0.2, -0.15) is 13.2 Å². The maximum Gasteiger partial charge on any atom is 0.418 e. The Kier molecular flexibility index (Phi) is 7.45. The Balaban J connectivity index is 3.20. The van der Waals surface area contributed by atoms with Gasteiger partial charge in [-0.25, -0.2) is 13.6 Å². The van der Waals surface area contributed by atoms with Crippen molar-refractivity contribution in [2.45, 2.75) is 32.0 Å². The van der Waals surface area contributed by atoms with Gasteiger partial charge in [0.15, 0.2) is 0 Å². The number of hydrogen-bond acceptors (Lipinski definition) is 6. The molecule has 1 aromatic carbocycles. The third kappa shape index (κ3) is 3.92. The van der Waals surface area contributed by atoms with Gasteiger partial charge in [-0.05, 0) is 18.1 Å². The highest BCUT2D eigenvalue weighted by Crippen LogP contribution is 2.55. The Morgan fingerprint density at radius 3 is 2.34 bits per heavy atom. The predicted octanol–water partition coefficient (Wildman–Crippen LogP) is 2.30. The topological polar surface area (TPSA) is 104 Å². The fourth-order valence-corrected chi connectivity index (χ4v) is 4.76. The van der Waals surface area contributed by atoms with Crippen LogP contribution in [0.4, 0.5) is 22.0 Å². The van der Waals surface area contributed by atoms with E-state index in [-0.39, 0.29) is 0 Å². The number of carboxylic acids is 1. The van der Waals surface area contributed by atoms with Crippen molar-refractivity contribution < 1.29 is 41.4 Å². The van der Waals surface area contributed by atoms with Crippen molar-refractivity contribution in [3.63, 3.8) is 0 Å². The standard InChI is InChI=1S/C20H22ClF5N2O4/c1-8(2)19(18(30)31)12(7-27)28-11(6-22)14(17(29)32-3)16(19)13-10(23)5-4-9(21)15(13)20(24,25)26/h4-5,8,12,16,28H,6-7,27H2,1-3H3,(H,30,31)/p-1. The Morgan fingerprint density at radius 1 is 1.34 bits per heavy atom. The van der Waals surface area contributed by atoms with Crippen LogP contribution in [0.3, 0.4) is 0 Å². The number of halogens is 6. The molecule has 3 unspecified atom stereocenters. The number of aliphatic carboxylic acids is 1. The second kappa shape index (κ2) is 9.22. The average Bonchev–Trinajstić information content (AvgIpc) is 2.71. The molecule has 1 heterocycles.